The van der Waals surface area contributed by atoms with Crippen molar-refractivity contribution in [3.8, 4) is 11.5 Å². The van der Waals surface area contributed by atoms with Crippen molar-refractivity contribution in [1.29, 1.82) is 0 Å². The van der Waals surface area contributed by atoms with Gasteiger partial charge in [0.15, 0.2) is 17.2 Å². The number of carboxylic acids is 2. The van der Waals surface area contributed by atoms with E-state index in [-0.39, 0.29) is 63.3 Å². The highest BCUT2D eigenvalue weighted by atomic mass is 32.2. The number of nitrogens with zero attached hydrogens (tertiary/aromatic N) is 4. The van der Waals surface area contributed by atoms with Crippen LogP contribution in [-0.4, -0.2) is 115 Å². The number of allylic oxidation sites excluding steroid dienone is 1. The van der Waals surface area contributed by atoms with Gasteiger partial charge in [0.05, 0.1) is 18.3 Å². The molecule has 1 aromatic carbocycles. The van der Waals surface area contributed by atoms with Gasteiger partial charge in [-0.3, -0.25) is 28.7 Å². The van der Waals surface area contributed by atoms with Crippen molar-refractivity contribution < 1.29 is 58.3 Å². The van der Waals surface area contributed by atoms with Gasteiger partial charge >= 0.3 is 11.9 Å². The molecule has 6 aliphatic rings. The number of carbonyl (C=O) groups excluding carboxylic acids is 3. The van der Waals surface area contributed by atoms with Crippen LogP contribution in [0.4, 0.5) is 0 Å². The summed E-state index contributed by atoms with van der Waals surface area (Å²) >= 11 is 1.53. The number of fused-ring (bicyclic) bond motifs is 3. The molecule has 6 aliphatic heterocycles. The Morgan fingerprint density at radius 2 is 1.88 bits per heavy atom. The lowest BCUT2D eigenvalue weighted by Gasteiger charge is -2.50. The van der Waals surface area contributed by atoms with E-state index in [0.717, 1.165) is 9.81 Å². The molecule has 0 radical (unpaired) electrons. The van der Waals surface area contributed by atoms with Crippen LogP contribution in [-0.2, 0) is 35.2 Å². The predicted molar refractivity (Wildman–Crippen MR) is 182 cm³/mol. The van der Waals surface area contributed by atoms with Crippen molar-refractivity contribution in [1.82, 2.24) is 9.80 Å². The van der Waals surface area contributed by atoms with Gasteiger partial charge in [-0.25, -0.2) is 9.59 Å². The zero-order chi connectivity index (χ0) is 36.7. The minimum atomic E-state index is -1.72. The number of hydrogen-bond donors (Lipinski definition) is 6. The molecule has 1 saturated heterocycles. The summed E-state index contributed by atoms with van der Waals surface area (Å²) in [6.45, 7) is 3.00. The largest absolute Gasteiger partial charge is 0.614 e. The Kier molecular flexibility index (Phi) is 10.3. The molecule has 1 aromatic rings. The highest BCUT2D eigenvalue weighted by molar-refractivity contribution is 8.04. The van der Waals surface area contributed by atoms with Crippen LogP contribution in [0, 0.1) is 0 Å². The summed E-state index contributed by atoms with van der Waals surface area (Å²) in [6.07, 6.45) is 7.31. The summed E-state index contributed by atoms with van der Waals surface area (Å²) in [5, 5.41) is 42.5. The number of rotatable bonds is 10. The number of benzene rings is 1. The smallest absolute Gasteiger partial charge is 0.352 e. The normalized spacial score (nSPS) is 26.8. The number of Topliss-reactive ketones (excluding diaryl/α,β-unsaturated/α-hetero) is 1. The van der Waals surface area contributed by atoms with Crippen molar-refractivity contribution >= 4 is 69.9 Å². The number of aliphatic carboxylic acids is 2. The first-order valence-electron chi connectivity index (χ1n) is 14.8. The summed E-state index contributed by atoms with van der Waals surface area (Å²) in [7, 11) is 0. The second-order valence-electron chi connectivity index (χ2n) is 11.9. The van der Waals surface area contributed by atoms with E-state index < -0.39 is 56.7 Å². The summed E-state index contributed by atoms with van der Waals surface area (Å²) in [5.74, 6) is -4.40. The Labute approximate surface area is 296 Å². The third-order valence-electron chi connectivity index (χ3n) is 8.18. The van der Waals surface area contributed by atoms with Crippen LogP contribution in [0.1, 0.15) is 30.6 Å². The number of phenolic OH excluding ortho intramolecular Hbond substituents is 2. The van der Waals surface area contributed by atoms with Crippen LogP contribution in [0.15, 0.2) is 69.5 Å². The molecule has 7 rings (SSSR count). The number of aromatic hydroxyl groups is 2. The highest BCUT2D eigenvalue weighted by Crippen LogP contribution is 2.47. The molecule has 2 amide bonds. The zero-order valence-corrected chi connectivity index (χ0v) is 28.9. The maximum atomic E-state index is 13.3. The summed E-state index contributed by atoms with van der Waals surface area (Å²) in [4.78, 5) is 67.7. The quantitative estimate of drug-likeness (QED) is 0.0365. The van der Waals surface area contributed by atoms with E-state index in [1.54, 1.807) is 10.3 Å². The van der Waals surface area contributed by atoms with Crippen LogP contribution in [0.5, 0.6) is 11.5 Å². The molecule has 2 bridgehead atoms. The van der Waals surface area contributed by atoms with Gasteiger partial charge in [-0.05, 0) is 67.1 Å². The molecule has 0 aliphatic carbocycles. The molecule has 17 nitrogen and oxygen atoms in total. The molecule has 0 spiro atoms. The van der Waals surface area contributed by atoms with Gasteiger partial charge in [0.25, 0.3) is 5.91 Å². The Morgan fingerprint density at radius 3 is 2.46 bits per heavy atom. The Balaban J connectivity index is 0.000000311. The minimum absolute atomic E-state index is 0.0189. The summed E-state index contributed by atoms with van der Waals surface area (Å²) in [5.41, 5.74) is 9.27. The number of ketones is 1. The fourth-order valence-corrected chi connectivity index (χ4v) is 8.96. The lowest BCUT2D eigenvalue weighted by Crippen LogP contribution is -2.64. The monoisotopic (exact) mass is 749 g/mol. The second kappa shape index (κ2) is 14.0. The lowest BCUT2D eigenvalue weighted by molar-refractivity contribution is -0.887. The van der Waals surface area contributed by atoms with Crippen molar-refractivity contribution in [2.45, 2.75) is 42.2 Å². The number of carboxylic acid groups (broad SMARTS) is 2. The number of primary amides is 1. The van der Waals surface area contributed by atoms with Gasteiger partial charge in [0.1, 0.15) is 30.0 Å². The molecule has 1 fully saturated rings. The number of quaternary nitrogens is 1. The number of oxime groups is 1. The first kappa shape index (κ1) is 36.8. The van der Waals surface area contributed by atoms with E-state index in [4.69, 9.17) is 21.4 Å². The number of β-lactam (4-membered cyclic amide) rings is 1. The number of carbonyl (C=O) groups is 5. The van der Waals surface area contributed by atoms with Crippen LogP contribution < -0.4 is 11.5 Å². The number of phenols is 2. The van der Waals surface area contributed by atoms with E-state index >= 15 is 0 Å². The fraction of sp³-hybridized carbons (Fsp3) is 0.333. The molecule has 50 heavy (non-hydrogen) atoms. The molecule has 0 saturated carbocycles. The number of thioether (sulfide) groups is 2. The molecule has 8 N–H and O–H groups in total. The Hall–Kier alpha value is -4.47. The second-order valence-corrected chi connectivity index (χ2v) is 15.7. The van der Waals surface area contributed by atoms with Gasteiger partial charge < -0.3 is 41.3 Å². The predicted octanol–water partition coefficient (Wildman–Crippen LogP) is 0.668. The minimum Gasteiger partial charge on any atom is -0.614 e. The molecule has 266 valence electrons. The average molecular weight is 750 g/mol. The van der Waals surface area contributed by atoms with Crippen LogP contribution in [0.25, 0.3) is 0 Å². The van der Waals surface area contributed by atoms with E-state index in [0.29, 0.717) is 6.54 Å². The first-order chi connectivity index (χ1) is 23.5. The SMILES string of the molecule is CC(C)(ON=C(C(N)=O)C1=CSC(N)N1C1SC2=CC[N+]1(CC(=O)c1ccc(O)c(O)c1)C=C2)C(=O)O.O=C(O)C1=CC[S+]([O-])[C@H]2CC(=O)N12. The number of nitrogens with two attached hydrogens (primary N) is 2. The summed E-state index contributed by atoms with van der Waals surface area (Å²) < 4.78 is 11.4. The third kappa shape index (κ3) is 7.07. The number of amides is 2. The van der Waals surface area contributed by atoms with E-state index in [1.807, 2.05) is 18.4 Å². The maximum Gasteiger partial charge on any atom is 0.352 e. The molecule has 4 unspecified atom stereocenters. The average Bonchev–Trinajstić information content (AvgIpc) is 3.43. The Morgan fingerprint density at radius 1 is 1.16 bits per heavy atom. The van der Waals surface area contributed by atoms with Gasteiger partial charge in [0.2, 0.25) is 28.2 Å². The Bertz CT molecular complexity index is 1810. The highest BCUT2D eigenvalue weighted by Gasteiger charge is 2.52. The van der Waals surface area contributed by atoms with Gasteiger partial charge in [-0.1, -0.05) is 16.9 Å². The first-order valence-corrected chi connectivity index (χ1v) is 18.0. The van der Waals surface area contributed by atoms with Gasteiger partial charge in [0, 0.05) is 22.0 Å². The summed E-state index contributed by atoms with van der Waals surface area (Å²) in [6, 6.07) is 3.88. The standard InChI is InChI=1S/C23H25N5O7S2.C7H7NO4S/c1-23(2,20(33)34)35-26-18(19(24)32)14-11-36-21(25)27(14)22-28(7-5-13(37-22)6-8-28)10-17(31)12-3-4-15(29)16(30)9-12;9-5-3-6-8(5)4(7(10)11)1-2-13(6)12/h3-7,9,11,21-22H,8,10,25H2,1-2H3,(H4-,24,26,29,30,31,32,33,34);1,6H,2-3H2,(H,10,11)/p+1/t;6-,13?/m.0/s1. The van der Waals surface area contributed by atoms with Crippen molar-refractivity contribution in [3.05, 3.63) is 69.9 Å². The molecule has 0 aromatic heterocycles. The molecular weight excluding hydrogens is 717 g/mol. The van der Waals surface area contributed by atoms with Gasteiger partial charge in [-0.15, -0.1) is 0 Å². The van der Waals surface area contributed by atoms with Crippen LogP contribution >= 0.6 is 23.5 Å². The van der Waals surface area contributed by atoms with Crippen molar-refractivity contribution in [3.63, 3.8) is 0 Å². The fourth-order valence-electron chi connectivity index (χ4n) is 5.33. The number of hydrogen-bond acceptors (Lipinski definition) is 14. The third-order valence-corrected chi connectivity index (χ3v) is 12.0. The van der Waals surface area contributed by atoms with E-state index in [2.05, 4.69) is 5.16 Å². The van der Waals surface area contributed by atoms with E-state index in [1.165, 1.54) is 61.6 Å². The topological polar surface area (TPSA) is 269 Å². The van der Waals surface area contributed by atoms with E-state index in [9.17, 15) is 43.8 Å². The molecule has 5 atom stereocenters. The molecule has 20 heteroatoms. The van der Waals surface area contributed by atoms with Gasteiger partial charge in [-0.2, -0.15) is 0 Å². The molecular formula is C30H33N6O11S3+. The molecule has 6 heterocycles. The van der Waals surface area contributed by atoms with Crippen LogP contribution in [0.3, 0.4) is 0 Å². The maximum absolute atomic E-state index is 13.3. The lowest BCUT2D eigenvalue weighted by atomic mass is 10.1. The van der Waals surface area contributed by atoms with Crippen molar-refractivity contribution in [2.24, 2.45) is 16.6 Å². The van der Waals surface area contributed by atoms with Crippen LogP contribution in [0.2, 0.25) is 0 Å². The zero-order valence-electron chi connectivity index (χ0n) is 26.5. The van der Waals surface area contributed by atoms with Crippen molar-refractivity contribution in [2.75, 3.05) is 18.8 Å².